The number of benzene rings is 3. The quantitative estimate of drug-likeness (QED) is 0.174. The van der Waals surface area contributed by atoms with Crippen molar-refractivity contribution in [2.75, 3.05) is 13.7 Å². The van der Waals surface area contributed by atoms with Crippen molar-refractivity contribution < 1.29 is 34.2 Å². The van der Waals surface area contributed by atoms with E-state index in [4.69, 9.17) is 19.1 Å². The third kappa shape index (κ3) is 9.11. The zero-order valence-electron chi connectivity index (χ0n) is 20.8. The molecule has 36 heavy (non-hydrogen) atoms. The van der Waals surface area contributed by atoms with Crippen LogP contribution < -0.4 is 0 Å². The van der Waals surface area contributed by atoms with Crippen LogP contribution in [0.25, 0.3) is 0 Å². The van der Waals surface area contributed by atoms with Gasteiger partial charge in [-0.2, -0.15) is 0 Å². The molecule has 0 aliphatic carbocycles. The number of hydrogen-bond acceptors (Lipinski definition) is 7. The minimum atomic E-state index is -1.63. The van der Waals surface area contributed by atoms with Crippen molar-refractivity contribution in [2.24, 2.45) is 5.92 Å². The van der Waals surface area contributed by atoms with Crippen LogP contribution in [0.4, 0.5) is 0 Å². The van der Waals surface area contributed by atoms with Gasteiger partial charge < -0.3 is 24.4 Å². The molecule has 0 saturated carbocycles. The first-order valence-corrected chi connectivity index (χ1v) is 12.1. The van der Waals surface area contributed by atoms with E-state index in [1.54, 1.807) is 0 Å². The number of aliphatic hydroxyl groups excluding tert-OH is 2. The van der Waals surface area contributed by atoms with Crippen molar-refractivity contribution in [3.63, 3.8) is 0 Å². The highest BCUT2D eigenvalue weighted by molar-refractivity contribution is 5.15. The molecule has 194 valence electrons. The molecule has 5 unspecified atom stereocenters. The minimum Gasteiger partial charge on any atom is -0.385 e. The van der Waals surface area contributed by atoms with Gasteiger partial charge >= 0.3 is 0 Å². The monoisotopic (exact) mass is 496 g/mol. The van der Waals surface area contributed by atoms with Gasteiger partial charge in [0.2, 0.25) is 6.29 Å². The molecule has 0 fully saturated rings. The lowest BCUT2D eigenvalue weighted by Crippen LogP contribution is -2.50. The molecule has 5 atom stereocenters. The Kier molecular flexibility index (Phi) is 12.0. The molecule has 7 nitrogen and oxygen atoms in total. The van der Waals surface area contributed by atoms with Crippen LogP contribution >= 0.6 is 0 Å². The van der Waals surface area contributed by atoms with E-state index in [0.717, 1.165) is 16.7 Å². The molecule has 0 heterocycles. The van der Waals surface area contributed by atoms with E-state index in [0.29, 0.717) is 19.8 Å². The maximum absolute atomic E-state index is 11.0. The molecule has 7 heteroatoms. The van der Waals surface area contributed by atoms with Crippen LogP contribution in [0.3, 0.4) is 0 Å². The fraction of sp³-hybridized carbons (Fsp3) is 0.379. The van der Waals surface area contributed by atoms with Gasteiger partial charge in [0.05, 0.1) is 39.6 Å². The Bertz CT molecular complexity index is 955. The number of rotatable bonds is 16. The Morgan fingerprint density at radius 2 is 1.08 bits per heavy atom. The van der Waals surface area contributed by atoms with Crippen LogP contribution in [-0.4, -0.2) is 48.5 Å². The summed E-state index contributed by atoms with van der Waals surface area (Å²) < 4.78 is 18.5. The molecular formula is C29H36O7. The van der Waals surface area contributed by atoms with Gasteiger partial charge in [-0.1, -0.05) is 97.9 Å². The summed E-state index contributed by atoms with van der Waals surface area (Å²) >= 11 is 0. The summed E-state index contributed by atoms with van der Waals surface area (Å²) in [6, 6.07) is 29.3. The maximum atomic E-state index is 11.0. The molecule has 0 saturated heterocycles. The summed E-state index contributed by atoms with van der Waals surface area (Å²) in [6.07, 6.45) is -4.63. The van der Waals surface area contributed by atoms with Gasteiger partial charge in [-0.05, 0) is 16.7 Å². The Hall–Kier alpha value is -2.62. The highest BCUT2D eigenvalue weighted by Gasteiger charge is 2.38. The van der Waals surface area contributed by atoms with Crippen molar-refractivity contribution >= 4 is 0 Å². The SMILES string of the molecule is COOC(O)C(O)C(OCc1ccccc1)C(OCc1ccccc1)C(C)COCc1ccccc1. The van der Waals surface area contributed by atoms with Crippen LogP contribution in [-0.2, 0) is 43.8 Å². The number of ether oxygens (including phenoxy) is 3. The van der Waals surface area contributed by atoms with Crippen LogP contribution in [0.5, 0.6) is 0 Å². The van der Waals surface area contributed by atoms with Gasteiger partial charge in [0.15, 0.2) is 0 Å². The van der Waals surface area contributed by atoms with E-state index in [9.17, 15) is 10.2 Å². The average Bonchev–Trinajstić information content (AvgIpc) is 2.92. The summed E-state index contributed by atoms with van der Waals surface area (Å²) in [5.41, 5.74) is 2.96. The molecule has 0 aromatic heterocycles. The molecule has 0 aliphatic heterocycles. The van der Waals surface area contributed by atoms with E-state index in [2.05, 4.69) is 4.89 Å². The first-order chi connectivity index (χ1) is 17.6. The van der Waals surface area contributed by atoms with E-state index in [-0.39, 0.29) is 12.5 Å². The second-order valence-electron chi connectivity index (χ2n) is 8.64. The molecule has 0 aliphatic rings. The van der Waals surface area contributed by atoms with E-state index >= 15 is 0 Å². The molecule has 0 radical (unpaired) electrons. The van der Waals surface area contributed by atoms with E-state index < -0.39 is 24.6 Å². The lowest BCUT2D eigenvalue weighted by atomic mass is 9.95. The Labute approximate surface area is 213 Å². The first kappa shape index (κ1) is 28.0. The molecule has 0 spiro atoms. The first-order valence-electron chi connectivity index (χ1n) is 12.1. The van der Waals surface area contributed by atoms with Crippen molar-refractivity contribution in [1.82, 2.24) is 0 Å². The summed E-state index contributed by atoms with van der Waals surface area (Å²) in [7, 11) is 1.26. The lowest BCUT2D eigenvalue weighted by molar-refractivity contribution is -0.381. The molecule has 3 rings (SSSR count). The van der Waals surface area contributed by atoms with Crippen molar-refractivity contribution in [3.8, 4) is 0 Å². The van der Waals surface area contributed by atoms with Crippen LogP contribution in [0.2, 0.25) is 0 Å². The summed E-state index contributed by atoms with van der Waals surface area (Å²) in [5, 5.41) is 21.4. The molecule has 3 aromatic rings. The Balaban J connectivity index is 1.77. The highest BCUT2D eigenvalue weighted by atomic mass is 17.2. The maximum Gasteiger partial charge on any atom is 0.217 e. The predicted octanol–water partition coefficient (Wildman–Crippen LogP) is 4.27. The fourth-order valence-corrected chi connectivity index (χ4v) is 3.85. The number of aliphatic hydroxyl groups is 2. The minimum absolute atomic E-state index is 0.192. The number of hydrogen-bond donors (Lipinski definition) is 2. The van der Waals surface area contributed by atoms with E-state index in [1.807, 2.05) is 97.9 Å². The second kappa shape index (κ2) is 15.5. The summed E-state index contributed by atoms with van der Waals surface area (Å²) in [5.74, 6) is -0.192. The van der Waals surface area contributed by atoms with Crippen molar-refractivity contribution in [3.05, 3.63) is 108 Å². The molecule has 2 N–H and O–H groups in total. The molecular weight excluding hydrogens is 460 g/mol. The summed E-state index contributed by atoms with van der Waals surface area (Å²) in [4.78, 5) is 9.40. The van der Waals surface area contributed by atoms with Gasteiger partial charge in [-0.3, -0.25) is 0 Å². The van der Waals surface area contributed by atoms with Gasteiger partial charge in [-0.15, -0.1) is 0 Å². The van der Waals surface area contributed by atoms with Gasteiger partial charge in [0.25, 0.3) is 0 Å². The lowest BCUT2D eigenvalue weighted by Gasteiger charge is -2.35. The standard InChI is InChI=1S/C29H36O7/c1-22(18-33-19-23-12-6-3-7-13-23)27(34-20-24-14-8-4-9-15-24)28(26(30)29(31)36-32-2)35-21-25-16-10-5-11-17-25/h3-17,22,26-31H,18-21H2,1-2H3. The third-order valence-electron chi connectivity index (χ3n) is 5.77. The van der Waals surface area contributed by atoms with Crippen molar-refractivity contribution in [2.45, 2.75) is 51.3 Å². The molecule has 0 amide bonds. The Morgan fingerprint density at radius 3 is 1.56 bits per heavy atom. The topological polar surface area (TPSA) is 86.6 Å². The summed E-state index contributed by atoms with van der Waals surface area (Å²) in [6.45, 7) is 3.28. The zero-order valence-corrected chi connectivity index (χ0v) is 20.8. The zero-order chi connectivity index (χ0) is 25.6. The van der Waals surface area contributed by atoms with Crippen LogP contribution in [0.1, 0.15) is 23.6 Å². The second-order valence-corrected chi connectivity index (χ2v) is 8.64. The van der Waals surface area contributed by atoms with Gasteiger partial charge in [0, 0.05) is 5.92 Å². The van der Waals surface area contributed by atoms with Crippen LogP contribution in [0.15, 0.2) is 91.0 Å². The predicted molar refractivity (Wildman–Crippen MR) is 135 cm³/mol. The smallest absolute Gasteiger partial charge is 0.217 e. The Morgan fingerprint density at radius 1 is 0.639 bits per heavy atom. The largest absolute Gasteiger partial charge is 0.385 e. The highest BCUT2D eigenvalue weighted by Crippen LogP contribution is 2.24. The molecule has 0 bridgehead atoms. The fourth-order valence-electron chi connectivity index (χ4n) is 3.85. The van der Waals surface area contributed by atoms with Gasteiger partial charge in [0.1, 0.15) is 12.2 Å². The molecule has 3 aromatic carbocycles. The van der Waals surface area contributed by atoms with Crippen molar-refractivity contribution in [1.29, 1.82) is 0 Å². The average molecular weight is 497 g/mol. The normalized spacial score (nSPS) is 15.7. The van der Waals surface area contributed by atoms with E-state index in [1.165, 1.54) is 7.11 Å². The van der Waals surface area contributed by atoms with Gasteiger partial charge in [-0.25, -0.2) is 9.78 Å². The van der Waals surface area contributed by atoms with Crippen LogP contribution in [0, 0.1) is 5.92 Å². The third-order valence-corrected chi connectivity index (χ3v) is 5.77.